The van der Waals surface area contributed by atoms with Crippen LogP contribution in [0.5, 0.6) is 0 Å². The van der Waals surface area contributed by atoms with Crippen molar-refractivity contribution < 1.29 is 9.18 Å². The Labute approximate surface area is 128 Å². The van der Waals surface area contributed by atoms with Gasteiger partial charge in [-0.1, -0.05) is 24.4 Å². The molecule has 5 heteroatoms. The maximum atomic E-state index is 13.1. The molecule has 0 saturated carbocycles. The third-order valence-electron chi connectivity index (χ3n) is 3.16. The van der Waals surface area contributed by atoms with Gasteiger partial charge < -0.3 is 10.6 Å². The first-order valence-corrected chi connectivity index (χ1v) is 6.79. The van der Waals surface area contributed by atoms with Gasteiger partial charge in [-0.2, -0.15) is 0 Å². The van der Waals surface area contributed by atoms with E-state index in [2.05, 4.69) is 0 Å². The molecule has 0 aliphatic rings. The zero-order chi connectivity index (χ0) is 15.4. The highest BCUT2D eigenvalue weighted by Gasteiger charge is 2.12. The third kappa shape index (κ3) is 3.86. The number of anilines is 1. The first-order valence-electron chi connectivity index (χ1n) is 6.38. The summed E-state index contributed by atoms with van der Waals surface area (Å²) < 4.78 is 13.1. The number of benzene rings is 2. The normalized spacial score (nSPS) is 10.2. The van der Waals surface area contributed by atoms with Crippen LogP contribution in [0.25, 0.3) is 0 Å². The Morgan fingerprint density at radius 2 is 1.90 bits per heavy atom. The molecule has 0 spiro atoms. The molecule has 1 amide bonds. The minimum Gasteiger partial charge on any atom is -0.389 e. The Kier molecular flexibility index (Phi) is 4.65. The number of hydrogen-bond acceptors (Lipinski definition) is 2. The molecular formula is C16H15FN2OS. The van der Waals surface area contributed by atoms with Crippen molar-refractivity contribution in [2.75, 3.05) is 11.9 Å². The number of rotatable bonds is 4. The standard InChI is InChI=1S/C16H15FN2OS/c1-19(14-7-5-12(6-8-14)16(18)21)15(20)10-11-3-2-4-13(17)9-11/h2-9H,10H2,1H3,(H2,18,21). The van der Waals surface area contributed by atoms with Gasteiger partial charge in [-0.05, 0) is 42.0 Å². The van der Waals surface area contributed by atoms with Crippen molar-refractivity contribution >= 4 is 28.8 Å². The van der Waals surface area contributed by atoms with Crippen LogP contribution in [-0.2, 0) is 11.2 Å². The Morgan fingerprint density at radius 3 is 2.48 bits per heavy atom. The number of carbonyl (C=O) groups excluding carboxylic acids is 1. The van der Waals surface area contributed by atoms with Gasteiger partial charge in [-0.15, -0.1) is 0 Å². The van der Waals surface area contributed by atoms with Crippen LogP contribution >= 0.6 is 12.2 Å². The molecule has 3 nitrogen and oxygen atoms in total. The number of amides is 1. The summed E-state index contributed by atoms with van der Waals surface area (Å²) in [7, 11) is 1.68. The predicted octanol–water partition coefficient (Wildman–Crippen LogP) is 2.67. The largest absolute Gasteiger partial charge is 0.389 e. The van der Waals surface area contributed by atoms with Crippen LogP contribution in [-0.4, -0.2) is 17.9 Å². The van der Waals surface area contributed by atoms with Crippen LogP contribution in [0, 0.1) is 5.82 Å². The first-order chi connectivity index (χ1) is 9.97. The molecule has 0 heterocycles. The lowest BCUT2D eigenvalue weighted by atomic mass is 10.1. The van der Waals surface area contributed by atoms with Gasteiger partial charge in [0.2, 0.25) is 5.91 Å². The number of nitrogens with two attached hydrogens (primary N) is 1. The fraction of sp³-hybridized carbons (Fsp3) is 0.125. The average molecular weight is 302 g/mol. The molecule has 0 saturated heterocycles. The molecule has 0 aliphatic carbocycles. The lowest BCUT2D eigenvalue weighted by Gasteiger charge is -2.17. The van der Waals surface area contributed by atoms with Gasteiger partial charge in [-0.25, -0.2) is 4.39 Å². The molecule has 0 radical (unpaired) electrons. The van der Waals surface area contributed by atoms with E-state index in [0.29, 0.717) is 10.6 Å². The zero-order valence-electron chi connectivity index (χ0n) is 11.5. The number of likely N-dealkylation sites (N-methyl/N-ethyl adjacent to an activating group) is 1. The highest BCUT2D eigenvalue weighted by molar-refractivity contribution is 7.80. The van der Waals surface area contributed by atoms with Crippen LogP contribution < -0.4 is 10.6 Å². The predicted molar refractivity (Wildman–Crippen MR) is 85.8 cm³/mol. The molecule has 2 aromatic carbocycles. The number of hydrogen-bond donors (Lipinski definition) is 1. The van der Waals surface area contributed by atoms with Crippen molar-refractivity contribution in [2.24, 2.45) is 5.73 Å². The van der Waals surface area contributed by atoms with Crippen LogP contribution in [0.3, 0.4) is 0 Å². The molecule has 2 N–H and O–H groups in total. The minimum absolute atomic E-state index is 0.122. The zero-order valence-corrected chi connectivity index (χ0v) is 12.4. The average Bonchev–Trinajstić information content (AvgIpc) is 2.46. The Morgan fingerprint density at radius 1 is 1.24 bits per heavy atom. The van der Waals surface area contributed by atoms with Crippen LogP contribution in [0.4, 0.5) is 10.1 Å². The Bertz CT molecular complexity index is 670. The molecule has 0 bridgehead atoms. The highest BCUT2D eigenvalue weighted by Crippen LogP contribution is 2.15. The molecule has 2 aromatic rings. The van der Waals surface area contributed by atoms with E-state index in [4.69, 9.17) is 18.0 Å². The maximum Gasteiger partial charge on any atom is 0.231 e. The van der Waals surface area contributed by atoms with Gasteiger partial charge in [0.05, 0.1) is 6.42 Å². The van der Waals surface area contributed by atoms with E-state index in [0.717, 1.165) is 11.3 Å². The van der Waals surface area contributed by atoms with E-state index in [1.54, 1.807) is 43.4 Å². The van der Waals surface area contributed by atoms with E-state index in [1.807, 2.05) is 0 Å². The molecule has 0 aliphatic heterocycles. The van der Waals surface area contributed by atoms with E-state index in [1.165, 1.54) is 17.0 Å². The summed E-state index contributed by atoms with van der Waals surface area (Å²) in [6, 6.07) is 13.1. The van der Waals surface area contributed by atoms with E-state index in [9.17, 15) is 9.18 Å². The summed E-state index contributed by atoms with van der Waals surface area (Å²) in [5.41, 5.74) is 7.66. The van der Waals surface area contributed by atoms with Crippen molar-refractivity contribution in [3.8, 4) is 0 Å². The third-order valence-corrected chi connectivity index (χ3v) is 3.39. The van der Waals surface area contributed by atoms with Crippen molar-refractivity contribution in [3.05, 3.63) is 65.5 Å². The SMILES string of the molecule is CN(C(=O)Cc1cccc(F)c1)c1ccc(C(N)=S)cc1. The number of thiocarbonyl (C=S) groups is 1. The van der Waals surface area contributed by atoms with Crippen molar-refractivity contribution in [1.82, 2.24) is 0 Å². The second kappa shape index (κ2) is 6.45. The smallest absolute Gasteiger partial charge is 0.231 e. The second-order valence-corrected chi connectivity index (χ2v) is 5.11. The summed E-state index contributed by atoms with van der Waals surface area (Å²) >= 11 is 4.88. The van der Waals surface area contributed by atoms with Gasteiger partial charge in [0, 0.05) is 18.3 Å². The van der Waals surface area contributed by atoms with E-state index >= 15 is 0 Å². The molecular weight excluding hydrogens is 287 g/mol. The summed E-state index contributed by atoms with van der Waals surface area (Å²) in [6.07, 6.45) is 0.144. The van der Waals surface area contributed by atoms with E-state index < -0.39 is 0 Å². The van der Waals surface area contributed by atoms with Crippen LogP contribution in [0.2, 0.25) is 0 Å². The topological polar surface area (TPSA) is 46.3 Å². The maximum absolute atomic E-state index is 13.1. The Balaban J connectivity index is 2.10. The number of halogens is 1. The minimum atomic E-state index is -0.344. The molecule has 0 aromatic heterocycles. The van der Waals surface area contributed by atoms with Crippen molar-refractivity contribution in [2.45, 2.75) is 6.42 Å². The van der Waals surface area contributed by atoms with Crippen molar-refractivity contribution in [1.29, 1.82) is 0 Å². The molecule has 0 unspecified atom stereocenters. The van der Waals surface area contributed by atoms with Gasteiger partial charge in [0.15, 0.2) is 0 Å². The van der Waals surface area contributed by atoms with Gasteiger partial charge in [0.25, 0.3) is 0 Å². The molecule has 0 atom stereocenters. The summed E-state index contributed by atoms with van der Waals surface area (Å²) in [5.74, 6) is -0.465. The Hall–Kier alpha value is -2.27. The molecule has 2 rings (SSSR count). The first kappa shape index (κ1) is 15.1. The number of nitrogens with zero attached hydrogens (tertiary/aromatic N) is 1. The van der Waals surface area contributed by atoms with Crippen molar-refractivity contribution in [3.63, 3.8) is 0 Å². The van der Waals surface area contributed by atoms with Gasteiger partial charge in [-0.3, -0.25) is 4.79 Å². The van der Waals surface area contributed by atoms with Crippen LogP contribution in [0.15, 0.2) is 48.5 Å². The van der Waals surface area contributed by atoms with Gasteiger partial charge >= 0.3 is 0 Å². The fourth-order valence-corrected chi connectivity index (χ4v) is 2.07. The summed E-state index contributed by atoms with van der Waals surface area (Å²) in [5, 5.41) is 0. The van der Waals surface area contributed by atoms with Gasteiger partial charge in [0.1, 0.15) is 10.8 Å². The highest BCUT2D eigenvalue weighted by atomic mass is 32.1. The number of carbonyl (C=O) groups is 1. The van der Waals surface area contributed by atoms with Crippen LogP contribution in [0.1, 0.15) is 11.1 Å². The van der Waals surface area contributed by atoms with E-state index in [-0.39, 0.29) is 18.1 Å². The summed E-state index contributed by atoms with van der Waals surface area (Å²) in [4.78, 5) is 14.0. The molecule has 108 valence electrons. The monoisotopic (exact) mass is 302 g/mol. The lowest BCUT2D eigenvalue weighted by Crippen LogP contribution is -2.27. The summed E-state index contributed by atoms with van der Waals surface area (Å²) in [6.45, 7) is 0. The molecule has 0 fully saturated rings. The molecule has 21 heavy (non-hydrogen) atoms. The second-order valence-electron chi connectivity index (χ2n) is 4.67. The lowest BCUT2D eigenvalue weighted by molar-refractivity contribution is -0.117. The fourth-order valence-electron chi connectivity index (χ4n) is 1.93. The quantitative estimate of drug-likeness (QED) is 0.883.